The van der Waals surface area contributed by atoms with Crippen LogP contribution in [-0.2, 0) is 19.2 Å². The molecule has 0 bridgehead atoms. The van der Waals surface area contributed by atoms with Crippen LogP contribution in [0, 0.1) is 0 Å². The van der Waals surface area contributed by atoms with E-state index in [2.05, 4.69) is 20.4 Å². The van der Waals surface area contributed by atoms with Gasteiger partial charge in [-0.3, -0.25) is 14.5 Å². The minimum Gasteiger partial charge on any atom is -0.504 e. The molecule has 1 aromatic carbocycles. The largest absolute Gasteiger partial charge is 0.504 e. The molecule has 0 radical (unpaired) electrons. The monoisotopic (exact) mass is 604 g/mol. The van der Waals surface area contributed by atoms with Gasteiger partial charge in [-0.15, -0.1) is 23.1 Å². The smallest absolute Gasteiger partial charge is 0.352 e. The van der Waals surface area contributed by atoms with Gasteiger partial charge >= 0.3 is 5.97 Å². The van der Waals surface area contributed by atoms with Gasteiger partial charge in [0.25, 0.3) is 17.0 Å². The summed E-state index contributed by atoms with van der Waals surface area (Å²) < 4.78 is 5.70. The van der Waals surface area contributed by atoms with Crippen molar-refractivity contribution in [2.45, 2.75) is 16.6 Å². The molecule has 0 saturated carbocycles. The molecule has 2 amide bonds. The number of hydrogen-bond acceptors (Lipinski definition) is 14. The number of aromatic hydroxyl groups is 2. The Kier molecular flexibility index (Phi) is 7.59. The average Bonchev–Trinajstić information content (AvgIpc) is 3.59. The summed E-state index contributed by atoms with van der Waals surface area (Å²) in [5, 5.41) is 36.8. The molecule has 0 aliphatic carbocycles. The number of aromatic nitrogens is 2. The second kappa shape index (κ2) is 11.1. The molecule has 40 heavy (non-hydrogen) atoms. The maximum absolute atomic E-state index is 13.0. The Labute approximate surface area is 237 Å². The molecule has 0 spiro atoms. The van der Waals surface area contributed by atoms with Crippen molar-refractivity contribution in [3.05, 3.63) is 46.7 Å². The van der Waals surface area contributed by atoms with Crippen molar-refractivity contribution in [1.29, 1.82) is 0 Å². The first kappa shape index (κ1) is 27.4. The fourth-order valence-electron chi connectivity index (χ4n) is 3.98. The predicted octanol–water partition coefficient (Wildman–Crippen LogP) is 1.67. The van der Waals surface area contributed by atoms with E-state index in [1.54, 1.807) is 6.07 Å². The van der Waals surface area contributed by atoms with Crippen LogP contribution in [0.1, 0.15) is 5.69 Å². The van der Waals surface area contributed by atoms with E-state index in [0.717, 1.165) is 28.0 Å². The van der Waals surface area contributed by atoms with Gasteiger partial charge in [0.15, 0.2) is 28.1 Å². The number of hydrogen-bond donors (Lipinski definition) is 5. The van der Waals surface area contributed by atoms with Gasteiger partial charge in [0.05, 0.1) is 6.20 Å². The van der Waals surface area contributed by atoms with Crippen molar-refractivity contribution >= 4 is 63.5 Å². The minimum absolute atomic E-state index is 0.153. The second-order valence-corrected chi connectivity index (χ2v) is 11.2. The number of phenolic OH excluding ortho intramolecular Hbond substituents is 2. The molecule has 2 atom stereocenters. The summed E-state index contributed by atoms with van der Waals surface area (Å²) in [5.74, 6) is -2.33. The van der Waals surface area contributed by atoms with Crippen LogP contribution >= 0.6 is 34.9 Å². The van der Waals surface area contributed by atoms with Crippen molar-refractivity contribution in [3.8, 4) is 22.8 Å². The summed E-state index contributed by atoms with van der Waals surface area (Å²) >= 11 is 3.56. The van der Waals surface area contributed by atoms with E-state index in [0.29, 0.717) is 16.9 Å². The number of carbonyl (C=O) groups excluding carboxylic acids is 2. The van der Waals surface area contributed by atoms with Crippen molar-refractivity contribution in [2.75, 3.05) is 24.3 Å². The van der Waals surface area contributed by atoms with Crippen molar-refractivity contribution < 1.29 is 39.0 Å². The van der Waals surface area contributed by atoms with Crippen molar-refractivity contribution in [1.82, 2.24) is 20.2 Å². The summed E-state index contributed by atoms with van der Waals surface area (Å²) in [6.45, 7) is 0. The first-order chi connectivity index (χ1) is 19.2. The number of oxazole rings is 1. The Bertz CT molecular complexity index is 1570. The Morgan fingerprint density at radius 1 is 1.35 bits per heavy atom. The molecule has 0 unspecified atom stereocenters. The number of rotatable bonds is 9. The number of benzene rings is 1. The number of carboxylic acids is 1. The molecule has 208 valence electrons. The van der Waals surface area contributed by atoms with Crippen molar-refractivity contribution in [2.24, 2.45) is 5.16 Å². The number of aliphatic carboxylic acids is 1. The van der Waals surface area contributed by atoms with Crippen LogP contribution in [0.2, 0.25) is 0 Å². The molecular formula is C23H20N6O8S3. The molecule has 14 nitrogen and oxygen atoms in total. The minimum atomic E-state index is -1.27. The maximum Gasteiger partial charge on any atom is 0.352 e. The molecule has 1 fully saturated rings. The number of nitrogens with zero attached hydrogens (tertiary/aromatic N) is 4. The summed E-state index contributed by atoms with van der Waals surface area (Å²) in [4.78, 5) is 52.2. The van der Waals surface area contributed by atoms with Crippen LogP contribution in [0.4, 0.5) is 5.13 Å². The number of phenols is 2. The molecule has 4 heterocycles. The van der Waals surface area contributed by atoms with Gasteiger partial charge in [0, 0.05) is 22.4 Å². The SMILES string of the molecule is CON=C(C(=O)N[C@@H]1C(=O)N2C(C(=O)O)=C(CSc3ncc(-c4ccc(O)c(O)c4)o3)CS[C@H]12)c1csc(N)n1. The number of anilines is 1. The first-order valence-corrected chi connectivity index (χ1v) is 14.2. The number of amides is 2. The normalized spacial score (nSPS) is 18.8. The lowest BCUT2D eigenvalue weighted by Crippen LogP contribution is -2.71. The van der Waals surface area contributed by atoms with E-state index >= 15 is 0 Å². The lowest BCUT2D eigenvalue weighted by molar-refractivity contribution is -0.150. The molecule has 2 aromatic heterocycles. The number of β-lactam (4-membered cyclic amide) rings is 1. The average molecular weight is 605 g/mol. The highest BCUT2D eigenvalue weighted by Gasteiger charge is 2.54. The van der Waals surface area contributed by atoms with Gasteiger partial charge in [-0.2, -0.15) is 0 Å². The summed E-state index contributed by atoms with van der Waals surface area (Å²) in [7, 11) is 1.26. The number of nitrogens with one attached hydrogen (secondary N) is 1. The zero-order valence-electron chi connectivity index (χ0n) is 20.4. The van der Waals surface area contributed by atoms with Gasteiger partial charge in [-0.25, -0.2) is 14.8 Å². The summed E-state index contributed by atoms with van der Waals surface area (Å²) in [6, 6.07) is 3.22. The zero-order chi connectivity index (χ0) is 28.6. The van der Waals surface area contributed by atoms with Crippen LogP contribution in [0.5, 0.6) is 11.5 Å². The number of thioether (sulfide) groups is 2. The van der Waals surface area contributed by atoms with Crippen molar-refractivity contribution in [3.63, 3.8) is 0 Å². The standard InChI is InChI=1S/C23H20N6O8S3/c1-36-28-15(11-8-39-22(24)26-11)18(32)27-16-19(33)29-17(21(34)35)10(6-38-20(16)29)7-40-23-25-5-14(37-23)9-2-3-12(30)13(31)4-9/h2-5,8,16,20,30-31H,6-7H2,1H3,(H2,24,26)(H,27,32)(H,34,35)/t16-,20-/m1/s1. The number of fused-ring (bicyclic) bond motifs is 1. The topological polar surface area (TPSA) is 214 Å². The fraction of sp³-hybridized carbons (Fsp3) is 0.217. The van der Waals surface area contributed by atoms with Gasteiger partial charge in [-0.05, 0) is 23.8 Å². The number of carboxylic acid groups (broad SMARTS) is 1. The highest BCUT2D eigenvalue weighted by Crippen LogP contribution is 2.42. The van der Waals surface area contributed by atoms with Crippen LogP contribution in [0.25, 0.3) is 11.3 Å². The van der Waals surface area contributed by atoms with E-state index in [4.69, 9.17) is 15.0 Å². The molecule has 5 rings (SSSR count). The second-order valence-electron chi connectivity index (χ2n) is 8.29. The van der Waals surface area contributed by atoms with E-state index in [1.807, 2.05) is 0 Å². The molecule has 3 aromatic rings. The Morgan fingerprint density at radius 3 is 2.83 bits per heavy atom. The van der Waals surface area contributed by atoms with Gasteiger partial charge in [0.1, 0.15) is 29.9 Å². The van der Waals surface area contributed by atoms with E-state index < -0.39 is 29.2 Å². The molecule has 17 heteroatoms. The fourth-order valence-corrected chi connectivity index (χ4v) is 6.82. The summed E-state index contributed by atoms with van der Waals surface area (Å²) in [5.41, 5.74) is 6.49. The lowest BCUT2D eigenvalue weighted by Gasteiger charge is -2.49. The molecule has 1 saturated heterocycles. The van der Waals surface area contributed by atoms with Gasteiger partial charge in [0.2, 0.25) is 0 Å². The van der Waals surface area contributed by atoms with Gasteiger partial charge < -0.3 is 35.6 Å². The lowest BCUT2D eigenvalue weighted by atomic mass is 10.0. The van der Waals surface area contributed by atoms with E-state index in [1.165, 1.54) is 42.6 Å². The third-order valence-electron chi connectivity index (χ3n) is 5.81. The molecule has 2 aliphatic rings. The zero-order valence-corrected chi connectivity index (χ0v) is 22.9. The maximum atomic E-state index is 13.0. The van der Waals surface area contributed by atoms with Crippen LogP contribution in [0.15, 0.2) is 55.8 Å². The number of oxime groups is 1. The van der Waals surface area contributed by atoms with Crippen LogP contribution < -0.4 is 11.1 Å². The quantitative estimate of drug-likeness (QED) is 0.0774. The predicted molar refractivity (Wildman–Crippen MR) is 146 cm³/mol. The Balaban J connectivity index is 1.28. The number of thiazole rings is 1. The third-order valence-corrected chi connectivity index (χ3v) is 8.75. The molecular weight excluding hydrogens is 584 g/mol. The third kappa shape index (κ3) is 5.17. The van der Waals surface area contributed by atoms with Crippen LogP contribution in [-0.4, -0.2) is 83.7 Å². The highest BCUT2D eigenvalue weighted by atomic mass is 32.2. The highest BCUT2D eigenvalue weighted by molar-refractivity contribution is 8.01. The molecule has 6 N–H and O–H groups in total. The first-order valence-electron chi connectivity index (χ1n) is 11.3. The molecule has 2 aliphatic heterocycles. The summed E-state index contributed by atoms with van der Waals surface area (Å²) in [6.07, 6.45) is 1.44. The number of nitrogen functional groups attached to an aromatic ring is 1. The van der Waals surface area contributed by atoms with E-state index in [-0.39, 0.29) is 50.5 Å². The van der Waals surface area contributed by atoms with E-state index in [9.17, 15) is 29.7 Å². The number of carbonyl (C=O) groups is 3. The Morgan fingerprint density at radius 2 is 2.15 bits per heavy atom. The Hall–Kier alpha value is -4.22. The van der Waals surface area contributed by atoms with Gasteiger partial charge in [-0.1, -0.05) is 16.9 Å². The van der Waals surface area contributed by atoms with Crippen LogP contribution in [0.3, 0.4) is 0 Å². The number of nitrogens with two attached hydrogens (primary N) is 1.